The van der Waals surface area contributed by atoms with Crippen molar-refractivity contribution in [3.63, 3.8) is 0 Å². The number of hydrogen-bond donors (Lipinski definition) is 1. The fraction of sp³-hybridized carbons (Fsp3) is 0.200. The molecule has 0 saturated heterocycles. The Hall–Kier alpha value is -1.60. The maximum absolute atomic E-state index is 2.26. The predicted molar refractivity (Wildman–Crippen MR) is 66.5 cm³/mol. The zero-order valence-corrected chi connectivity index (χ0v) is 9.70. The van der Waals surface area contributed by atoms with Crippen molar-refractivity contribution < 1.29 is 4.90 Å². The Balaban J connectivity index is 2.30. The van der Waals surface area contributed by atoms with E-state index in [1.165, 1.54) is 27.2 Å². The van der Waals surface area contributed by atoms with Gasteiger partial charge in [-0.2, -0.15) is 0 Å². The lowest BCUT2D eigenvalue weighted by Gasteiger charge is -2.18. The Kier molecular flexibility index (Phi) is 2.08. The first-order chi connectivity index (χ1) is 7.79. The van der Waals surface area contributed by atoms with Crippen molar-refractivity contribution in [3.05, 3.63) is 59.7 Å². The highest BCUT2D eigenvalue weighted by atomic mass is 15.1. The van der Waals surface area contributed by atoms with Gasteiger partial charge in [-0.25, -0.2) is 0 Å². The van der Waals surface area contributed by atoms with E-state index in [2.05, 4.69) is 62.6 Å². The molecule has 2 aromatic rings. The van der Waals surface area contributed by atoms with Crippen molar-refractivity contribution in [1.29, 1.82) is 0 Å². The third kappa shape index (κ3) is 1.22. The highest BCUT2D eigenvalue weighted by Crippen LogP contribution is 2.41. The van der Waals surface area contributed by atoms with Crippen molar-refractivity contribution in [1.82, 2.24) is 0 Å². The van der Waals surface area contributed by atoms with E-state index in [4.69, 9.17) is 0 Å². The number of fused-ring (bicyclic) bond motifs is 3. The third-order valence-electron chi connectivity index (χ3n) is 3.41. The molecule has 0 heterocycles. The second-order valence-electron chi connectivity index (χ2n) is 4.68. The molecule has 0 aromatic heterocycles. The van der Waals surface area contributed by atoms with E-state index < -0.39 is 0 Å². The van der Waals surface area contributed by atoms with Crippen LogP contribution in [0.15, 0.2) is 48.5 Å². The molecule has 1 aliphatic carbocycles. The lowest BCUT2D eigenvalue weighted by molar-refractivity contribution is -0.885. The minimum Gasteiger partial charge on any atom is -0.330 e. The Morgan fingerprint density at radius 2 is 1.19 bits per heavy atom. The molecule has 0 unspecified atom stereocenters. The average molecular weight is 210 g/mol. The highest BCUT2D eigenvalue weighted by Gasteiger charge is 2.32. The Morgan fingerprint density at radius 1 is 0.750 bits per heavy atom. The summed E-state index contributed by atoms with van der Waals surface area (Å²) in [6, 6.07) is 18.0. The van der Waals surface area contributed by atoms with Gasteiger partial charge in [-0.05, 0) is 11.1 Å². The van der Waals surface area contributed by atoms with Crippen LogP contribution in [0, 0.1) is 0 Å². The number of rotatable bonds is 1. The quantitative estimate of drug-likeness (QED) is 0.733. The van der Waals surface area contributed by atoms with Crippen LogP contribution in [0.25, 0.3) is 11.1 Å². The van der Waals surface area contributed by atoms with Gasteiger partial charge in [0.2, 0.25) is 0 Å². The van der Waals surface area contributed by atoms with Crippen molar-refractivity contribution in [2.24, 2.45) is 0 Å². The van der Waals surface area contributed by atoms with Crippen LogP contribution in [0.4, 0.5) is 0 Å². The van der Waals surface area contributed by atoms with Crippen molar-refractivity contribution in [2.75, 3.05) is 14.1 Å². The molecular weight excluding hydrogens is 194 g/mol. The summed E-state index contributed by atoms with van der Waals surface area (Å²) in [4.78, 5) is 1.47. The summed E-state index contributed by atoms with van der Waals surface area (Å²) in [5.41, 5.74) is 5.74. The molecule has 0 fully saturated rings. The van der Waals surface area contributed by atoms with Crippen LogP contribution < -0.4 is 4.90 Å². The normalized spacial score (nSPS) is 13.9. The van der Waals surface area contributed by atoms with Crippen LogP contribution in [-0.4, -0.2) is 14.1 Å². The van der Waals surface area contributed by atoms with E-state index in [1.807, 2.05) is 0 Å². The average Bonchev–Trinajstić information content (AvgIpc) is 2.63. The zero-order valence-electron chi connectivity index (χ0n) is 9.70. The molecule has 0 spiro atoms. The van der Waals surface area contributed by atoms with Crippen LogP contribution in [0.2, 0.25) is 0 Å². The molecule has 0 saturated carbocycles. The van der Waals surface area contributed by atoms with Gasteiger partial charge in [0, 0.05) is 11.1 Å². The minimum atomic E-state index is 0.493. The highest BCUT2D eigenvalue weighted by molar-refractivity contribution is 5.77. The molecule has 1 nitrogen and oxygen atoms in total. The molecule has 0 radical (unpaired) electrons. The molecule has 0 aliphatic heterocycles. The topological polar surface area (TPSA) is 4.44 Å². The monoisotopic (exact) mass is 210 g/mol. The summed E-state index contributed by atoms with van der Waals surface area (Å²) in [5.74, 6) is 0. The summed E-state index contributed by atoms with van der Waals surface area (Å²) in [7, 11) is 4.45. The number of hydrogen-bond acceptors (Lipinski definition) is 0. The fourth-order valence-corrected chi connectivity index (χ4v) is 2.78. The largest absolute Gasteiger partial charge is 0.330 e. The van der Waals surface area contributed by atoms with E-state index in [1.54, 1.807) is 0 Å². The van der Waals surface area contributed by atoms with Crippen LogP contribution in [0.5, 0.6) is 0 Å². The Bertz CT molecular complexity index is 483. The van der Waals surface area contributed by atoms with Gasteiger partial charge in [0.15, 0.2) is 0 Å². The van der Waals surface area contributed by atoms with Crippen LogP contribution in [0.1, 0.15) is 17.2 Å². The first-order valence-electron chi connectivity index (χ1n) is 5.77. The predicted octanol–water partition coefficient (Wildman–Crippen LogP) is 1.90. The summed E-state index contributed by atoms with van der Waals surface area (Å²) in [5, 5.41) is 0. The molecule has 80 valence electrons. The fourth-order valence-electron chi connectivity index (χ4n) is 2.78. The van der Waals surface area contributed by atoms with E-state index in [9.17, 15) is 0 Å². The number of quaternary nitrogens is 1. The number of nitrogens with one attached hydrogen (secondary N) is 1. The van der Waals surface area contributed by atoms with Gasteiger partial charge in [-0.1, -0.05) is 48.5 Å². The molecular formula is C15H16N+. The van der Waals surface area contributed by atoms with E-state index in [0.29, 0.717) is 6.04 Å². The standard InChI is InChI=1S/C15H15N/c1-16(2)15-13-9-5-3-7-11(13)12-8-4-6-10-14(12)15/h3-10,15H,1-2H3/p+1. The maximum atomic E-state index is 2.26. The summed E-state index contributed by atoms with van der Waals surface area (Å²) < 4.78 is 0. The zero-order chi connectivity index (χ0) is 11.1. The molecule has 1 heteroatoms. The molecule has 16 heavy (non-hydrogen) atoms. The van der Waals surface area contributed by atoms with E-state index in [-0.39, 0.29) is 0 Å². The molecule has 0 amide bonds. The van der Waals surface area contributed by atoms with Crippen molar-refractivity contribution in [2.45, 2.75) is 6.04 Å². The molecule has 0 bridgehead atoms. The van der Waals surface area contributed by atoms with E-state index >= 15 is 0 Å². The van der Waals surface area contributed by atoms with Crippen molar-refractivity contribution >= 4 is 0 Å². The molecule has 2 aromatic carbocycles. The van der Waals surface area contributed by atoms with Gasteiger partial charge in [0.25, 0.3) is 0 Å². The van der Waals surface area contributed by atoms with Gasteiger partial charge in [-0.3, -0.25) is 0 Å². The lowest BCUT2D eigenvalue weighted by atomic mass is 10.0. The molecule has 1 N–H and O–H groups in total. The van der Waals surface area contributed by atoms with Gasteiger partial charge in [0.05, 0.1) is 14.1 Å². The molecule has 3 rings (SSSR count). The Labute approximate surface area is 96.3 Å². The summed E-state index contributed by atoms with van der Waals surface area (Å²) in [6.45, 7) is 0. The van der Waals surface area contributed by atoms with Gasteiger partial charge in [0.1, 0.15) is 6.04 Å². The van der Waals surface area contributed by atoms with E-state index in [0.717, 1.165) is 0 Å². The second kappa shape index (κ2) is 3.46. The minimum absolute atomic E-state index is 0.493. The molecule has 1 aliphatic rings. The lowest BCUT2D eigenvalue weighted by Crippen LogP contribution is -3.06. The second-order valence-corrected chi connectivity index (χ2v) is 4.68. The molecule has 0 atom stereocenters. The number of benzene rings is 2. The van der Waals surface area contributed by atoms with Gasteiger partial charge < -0.3 is 4.90 Å². The summed E-state index contributed by atoms with van der Waals surface area (Å²) in [6.07, 6.45) is 0. The van der Waals surface area contributed by atoms with Crippen LogP contribution >= 0.6 is 0 Å². The first-order valence-corrected chi connectivity index (χ1v) is 5.77. The first kappa shape index (κ1) is 9.61. The smallest absolute Gasteiger partial charge is 0.140 e. The van der Waals surface area contributed by atoms with Gasteiger partial charge >= 0.3 is 0 Å². The maximum Gasteiger partial charge on any atom is 0.140 e. The summed E-state index contributed by atoms with van der Waals surface area (Å²) >= 11 is 0. The SMILES string of the molecule is C[NH+](C)C1c2ccccc2-c2ccccc21. The van der Waals surface area contributed by atoms with Gasteiger partial charge in [-0.15, -0.1) is 0 Å². The third-order valence-corrected chi connectivity index (χ3v) is 3.41. The Morgan fingerprint density at radius 3 is 1.62 bits per heavy atom. The van der Waals surface area contributed by atoms with Crippen molar-refractivity contribution in [3.8, 4) is 11.1 Å². The van der Waals surface area contributed by atoms with Crippen LogP contribution in [0.3, 0.4) is 0 Å². The van der Waals surface area contributed by atoms with Crippen LogP contribution in [-0.2, 0) is 0 Å².